The summed E-state index contributed by atoms with van der Waals surface area (Å²) in [6.45, 7) is 4.10. The van der Waals surface area contributed by atoms with Gasteiger partial charge in [0, 0.05) is 0 Å². The molecule has 3 aromatic rings. The average Bonchev–Trinajstić information content (AvgIpc) is 2.77. The van der Waals surface area contributed by atoms with Gasteiger partial charge in [-0.05, 0) is 43.3 Å². The highest BCUT2D eigenvalue weighted by atomic mass is 32.1. The van der Waals surface area contributed by atoms with Gasteiger partial charge < -0.3 is 9.72 Å². The van der Waals surface area contributed by atoms with Gasteiger partial charge in [-0.3, -0.25) is 4.57 Å². The lowest BCUT2D eigenvalue weighted by atomic mass is 10.1. The van der Waals surface area contributed by atoms with Crippen LogP contribution >= 0.6 is 12.2 Å². The van der Waals surface area contributed by atoms with Gasteiger partial charge in [-0.15, -0.1) is 0 Å². The number of nitrogens with zero attached hydrogens (tertiary/aromatic N) is 3. The number of H-pyrrole nitrogens is 1. The molecule has 1 N–H and O–H groups in total. The van der Waals surface area contributed by atoms with E-state index < -0.39 is 0 Å². The van der Waals surface area contributed by atoms with Crippen LogP contribution in [0.4, 0.5) is 0 Å². The molecule has 20 heavy (non-hydrogen) atoms. The fourth-order valence-corrected chi connectivity index (χ4v) is 2.52. The van der Waals surface area contributed by atoms with E-state index in [0.29, 0.717) is 16.2 Å². The average molecular weight is 286 g/mol. The number of aryl methyl sites for hydroxylation is 2. The molecule has 0 aliphatic heterocycles. The van der Waals surface area contributed by atoms with Crippen molar-refractivity contribution in [1.29, 1.82) is 0 Å². The summed E-state index contributed by atoms with van der Waals surface area (Å²) < 4.78 is 7.73. The Kier molecular flexibility index (Phi) is 3.02. The Balaban J connectivity index is 2.40. The van der Waals surface area contributed by atoms with Gasteiger partial charge in [0.15, 0.2) is 10.4 Å². The van der Waals surface area contributed by atoms with E-state index in [2.05, 4.69) is 40.1 Å². The summed E-state index contributed by atoms with van der Waals surface area (Å²) >= 11 is 5.43. The van der Waals surface area contributed by atoms with Gasteiger partial charge in [-0.25, -0.2) is 4.98 Å². The van der Waals surface area contributed by atoms with Crippen molar-refractivity contribution in [3.63, 3.8) is 0 Å². The minimum atomic E-state index is 0.491. The van der Waals surface area contributed by atoms with Gasteiger partial charge in [0.2, 0.25) is 5.88 Å². The summed E-state index contributed by atoms with van der Waals surface area (Å²) in [7, 11) is 1.58. The van der Waals surface area contributed by atoms with E-state index in [-0.39, 0.29) is 0 Å². The highest BCUT2D eigenvalue weighted by molar-refractivity contribution is 7.71. The zero-order valence-corrected chi connectivity index (χ0v) is 12.3. The van der Waals surface area contributed by atoms with E-state index in [4.69, 9.17) is 17.0 Å². The van der Waals surface area contributed by atoms with Crippen LogP contribution in [0.5, 0.6) is 5.88 Å². The maximum Gasteiger partial charge on any atom is 0.242 e. The lowest BCUT2D eigenvalue weighted by Crippen LogP contribution is -1.99. The quantitative estimate of drug-likeness (QED) is 0.735. The molecule has 5 nitrogen and oxygen atoms in total. The molecule has 0 bridgehead atoms. The molecule has 0 aliphatic rings. The maximum absolute atomic E-state index is 5.43. The third kappa shape index (κ3) is 1.89. The van der Waals surface area contributed by atoms with Crippen LogP contribution in [0, 0.1) is 18.6 Å². The van der Waals surface area contributed by atoms with Crippen molar-refractivity contribution >= 4 is 23.4 Å². The van der Waals surface area contributed by atoms with Crippen molar-refractivity contribution < 1.29 is 4.74 Å². The van der Waals surface area contributed by atoms with Crippen molar-refractivity contribution in [2.45, 2.75) is 13.8 Å². The summed E-state index contributed by atoms with van der Waals surface area (Å²) in [5.41, 5.74) is 4.74. The molecule has 0 spiro atoms. The molecule has 0 saturated carbocycles. The van der Waals surface area contributed by atoms with Crippen LogP contribution in [0.3, 0.4) is 0 Å². The number of hydrogen-bond acceptors (Lipinski definition) is 4. The molecule has 1 aromatic carbocycles. The molecule has 0 amide bonds. The van der Waals surface area contributed by atoms with Crippen LogP contribution in [0.1, 0.15) is 11.1 Å². The van der Waals surface area contributed by atoms with Crippen LogP contribution in [0.2, 0.25) is 0 Å². The number of imidazole rings is 1. The van der Waals surface area contributed by atoms with Gasteiger partial charge in [0.05, 0.1) is 12.8 Å². The van der Waals surface area contributed by atoms with E-state index in [1.54, 1.807) is 7.11 Å². The molecule has 0 fully saturated rings. The first kappa shape index (κ1) is 12.8. The van der Waals surface area contributed by atoms with E-state index in [1.165, 1.54) is 11.9 Å². The number of ether oxygens (including phenoxy) is 1. The van der Waals surface area contributed by atoms with E-state index in [1.807, 2.05) is 11.5 Å². The first-order chi connectivity index (χ1) is 9.61. The molecule has 6 heteroatoms. The normalized spacial score (nSPS) is 10.9. The molecule has 0 saturated heterocycles. The van der Waals surface area contributed by atoms with Gasteiger partial charge in [0.1, 0.15) is 11.8 Å². The molecular formula is C14H14N4OS. The zero-order valence-electron chi connectivity index (χ0n) is 11.5. The molecular weight excluding hydrogens is 272 g/mol. The number of nitrogens with one attached hydrogen (secondary N) is 1. The fraction of sp³-hybridized carbons (Fsp3) is 0.214. The Morgan fingerprint density at radius 2 is 2.05 bits per heavy atom. The minimum Gasteiger partial charge on any atom is -0.479 e. The van der Waals surface area contributed by atoms with Crippen LogP contribution in [0.25, 0.3) is 16.9 Å². The predicted octanol–water partition coefficient (Wildman–Crippen LogP) is 3.10. The number of benzene rings is 1. The summed E-state index contributed by atoms with van der Waals surface area (Å²) in [5, 5.41) is 0. The predicted molar refractivity (Wildman–Crippen MR) is 80.1 cm³/mol. The number of methoxy groups -OCH3 is 1. The van der Waals surface area contributed by atoms with Crippen LogP contribution in [0.15, 0.2) is 24.5 Å². The molecule has 0 radical (unpaired) electrons. The van der Waals surface area contributed by atoms with E-state index in [0.717, 1.165) is 16.9 Å². The largest absolute Gasteiger partial charge is 0.479 e. The van der Waals surface area contributed by atoms with Crippen LogP contribution < -0.4 is 4.74 Å². The maximum atomic E-state index is 5.43. The lowest BCUT2D eigenvalue weighted by Gasteiger charge is -2.09. The highest BCUT2D eigenvalue weighted by Crippen LogP contribution is 2.25. The van der Waals surface area contributed by atoms with Crippen molar-refractivity contribution in [3.05, 3.63) is 40.4 Å². The minimum absolute atomic E-state index is 0.491. The number of aromatic amines is 1. The van der Waals surface area contributed by atoms with Crippen molar-refractivity contribution in [1.82, 2.24) is 19.5 Å². The smallest absolute Gasteiger partial charge is 0.242 e. The van der Waals surface area contributed by atoms with Gasteiger partial charge in [-0.2, -0.15) is 4.98 Å². The molecule has 0 atom stereocenters. The zero-order chi connectivity index (χ0) is 14.3. The van der Waals surface area contributed by atoms with Crippen LogP contribution in [-0.4, -0.2) is 26.6 Å². The number of hydrogen-bond donors (Lipinski definition) is 1. The number of rotatable bonds is 2. The molecule has 2 aromatic heterocycles. The second-order valence-electron chi connectivity index (χ2n) is 4.64. The summed E-state index contributed by atoms with van der Waals surface area (Å²) in [6, 6.07) is 6.24. The number of aromatic nitrogens is 4. The summed E-state index contributed by atoms with van der Waals surface area (Å²) in [5.74, 6) is 0.491. The SMILES string of the molecule is COc1ncnc2c1[nH]c(=S)n2-c1cc(C)ccc1C. The molecule has 102 valence electrons. The Labute approximate surface area is 121 Å². The summed E-state index contributed by atoms with van der Waals surface area (Å²) in [4.78, 5) is 11.5. The van der Waals surface area contributed by atoms with Crippen molar-refractivity contribution in [2.75, 3.05) is 7.11 Å². The van der Waals surface area contributed by atoms with Crippen molar-refractivity contribution in [3.8, 4) is 11.6 Å². The third-order valence-corrected chi connectivity index (χ3v) is 3.52. The van der Waals surface area contributed by atoms with Crippen molar-refractivity contribution in [2.24, 2.45) is 0 Å². The van der Waals surface area contributed by atoms with E-state index >= 15 is 0 Å². The molecule has 0 aliphatic carbocycles. The lowest BCUT2D eigenvalue weighted by molar-refractivity contribution is 0.401. The van der Waals surface area contributed by atoms with E-state index in [9.17, 15) is 0 Å². The topological polar surface area (TPSA) is 55.7 Å². The monoisotopic (exact) mass is 286 g/mol. The second-order valence-corrected chi connectivity index (χ2v) is 5.02. The Morgan fingerprint density at radius 1 is 1.25 bits per heavy atom. The Bertz CT molecular complexity index is 850. The van der Waals surface area contributed by atoms with Gasteiger partial charge in [0.25, 0.3) is 0 Å². The standard InChI is InChI=1S/C14H14N4OS/c1-8-4-5-9(2)10(6-8)18-12-11(17-14(18)20)13(19-3)16-7-15-12/h4-7H,1-3H3,(H,17,20). The summed E-state index contributed by atoms with van der Waals surface area (Å²) in [6.07, 6.45) is 1.48. The molecule has 2 heterocycles. The highest BCUT2D eigenvalue weighted by Gasteiger charge is 2.14. The first-order valence-corrected chi connectivity index (χ1v) is 6.60. The number of fused-ring (bicyclic) bond motifs is 1. The Morgan fingerprint density at radius 3 is 2.80 bits per heavy atom. The first-order valence-electron chi connectivity index (χ1n) is 6.19. The Hall–Kier alpha value is -2.21. The fourth-order valence-electron chi connectivity index (χ4n) is 2.24. The second kappa shape index (κ2) is 4.72. The third-order valence-electron chi connectivity index (χ3n) is 3.24. The molecule has 3 rings (SSSR count). The molecule has 0 unspecified atom stereocenters. The van der Waals surface area contributed by atoms with Gasteiger partial charge in [-0.1, -0.05) is 12.1 Å². The van der Waals surface area contributed by atoms with Gasteiger partial charge >= 0.3 is 0 Å². The van der Waals surface area contributed by atoms with Crippen LogP contribution in [-0.2, 0) is 0 Å².